The minimum absolute atomic E-state index is 0.544. The molecule has 0 fully saturated rings. The van der Waals surface area contributed by atoms with Crippen LogP contribution in [0.2, 0.25) is 0 Å². The molecule has 0 radical (unpaired) electrons. The lowest BCUT2D eigenvalue weighted by Crippen LogP contribution is -2.32. The summed E-state index contributed by atoms with van der Waals surface area (Å²) in [6, 6.07) is 8.06. The van der Waals surface area contributed by atoms with Gasteiger partial charge in [0.2, 0.25) is 0 Å². The molecule has 0 saturated carbocycles. The Morgan fingerprint density at radius 1 is 1.42 bits per heavy atom. The van der Waals surface area contributed by atoms with Crippen molar-refractivity contribution < 1.29 is 0 Å². The number of hydrogen-bond acceptors (Lipinski definition) is 4. The van der Waals surface area contributed by atoms with Crippen molar-refractivity contribution in [2.24, 2.45) is 5.10 Å². The van der Waals surface area contributed by atoms with E-state index in [9.17, 15) is 0 Å². The Morgan fingerprint density at radius 3 is 2.95 bits per heavy atom. The molecular weight excluding hydrogens is 276 g/mol. The van der Waals surface area contributed by atoms with Gasteiger partial charge in [-0.3, -0.25) is 5.43 Å². The van der Waals surface area contributed by atoms with Gasteiger partial charge in [0, 0.05) is 6.54 Å². The van der Waals surface area contributed by atoms with Crippen LogP contribution in [0.1, 0.15) is 25.3 Å². The van der Waals surface area contributed by atoms with Crippen LogP contribution < -0.4 is 10.7 Å². The number of aromatic nitrogens is 1. The van der Waals surface area contributed by atoms with Gasteiger partial charge in [-0.2, -0.15) is 5.10 Å². The fraction of sp³-hybridized carbons (Fsp3) is 0.308. The molecule has 0 unspecified atom stereocenters. The summed E-state index contributed by atoms with van der Waals surface area (Å²) in [6.45, 7) is 4.86. The molecule has 0 aliphatic rings. The van der Waals surface area contributed by atoms with Crippen molar-refractivity contribution in [2.75, 3.05) is 6.54 Å². The molecule has 0 bridgehead atoms. The molecule has 0 aliphatic heterocycles. The minimum atomic E-state index is 0.544. The van der Waals surface area contributed by atoms with E-state index >= 15 is 0 Å². The van der Waals surface area contributed by atoms with Gasteiger partial charge in [0.15, 0.2) is 5.11 Å². The van der Waals surface area contributed by atoms with Crippen LogP contribution in [0.25, 0.3) is 10.2 Å². The second-order valence-electron chi connectivity index (χ2n) is 4.05. The van der Waals surface area contributed by atoms with Gasteiger partial charge < -0.3 is 5.32 Å². The van der Waals surface area contributed by atoms with Crippen molar-refractivity contribution in [3.8, 4) is 0 Å². The summed E-state index contributed by atoms with van der Waals surface area (Å²) in [5.74, 6) is 0. The van der Waals surface area contributed by atoms with Crippen LogP contribution in [0.3, 0.4) is 0 Å². The number of para-hydroxylation sites is 1. The lowest BCUT2D eigenvalue weighted by molar-refractivity contribution is 0.816. The molecule has 0 spiro atoms. The maximum Gasteiger partial charge on any atom is 0.186 e. The van der Waals surface area contributed by atoms with Crippen LogP contribution in [0.4, 0.5) is 0 Å². The summed E-state index contributed by atoms with van der Waals surface area (Å²) in [5.41, 5.74) is 4.67. The minimum Gasteiger partial charge on any atom is -0.361 e. The zero-order chi connectivity index (χ0) is 13.7. The molecule has 1 aromatic carbocycles. The Labute approximate surface area is 121 Å². The largest absolute Gasteiger partial charge is 0.361 e. The molecule has 0 atom stereocenters. The summed E-state index contributed by atoms with van der Waals surface area (Å²) in [5, 5.41) is 8.77. The van der Waals surface area contributed by atoms with Gasteiger partial charge in [-0.25, -0.2) is 4.98 Å². The Morgan fingerprint density at radius 2 is 2.21 bits per heavy atom. The first-order chi connectivity index (χ1) is 9.20. The van der Waals surface area contributed by atoms with Crippen molar-refractivity contribution in [3.63, 3.8) is 0 Å². The summed E-state index contributed by atoms with van der Waals surface area (Å²) >= 11 is 6.74. The highest BCUT2D eigenvalue weighted by atomic mass is 32.1. The number of nitrogens with one attached hydrogen (secondary N) is 2. The van der Waals surface area contributed by atoms with E-state index < -0.39 is 0 Å². The standard InChI is InChI=1S/C13H16N4S2/c1-3-8-14-13(18)17-16-9(2)12-15-10-6-4-5-7-11(10)19-12/h4-7H,3,8H2,1-2H3,(H2,14,17,18)/b16-9-. The van der Waals surface area contributed by atoms with E-state index in [0.717, 1.165) is 29.2 Å². The average Bonchev–Trinajstić information content (AvgIpc) is 2.86. The Bertz CT molecular complexity index is 570. The van der Waals surface area contributed by atoms with Crippen molar-refractivity contribution in [3.05, 3.63) is 29.3 Å². The number of fused-ring (bicyclic) bond motifs is 1. The monoisotopic (exact) mass is 292 g/mol. The molecule has 2 N–H and O–H groups in total. The third-order valence-electron chi connectivity index (χ3n) is 2.46. The molecule has 0 amide bonds. The number of nitrogens with zero attached hydrogens (tertiary/aromatic N) is 2. The highest BCUT2D eigenvalue weighted by Gasteiger charge is 2.06. The van der Waals surface area contributed by atoms with E-state index in [2.05, 4.69) is 33.8 Å². The van der Waals surface area contributed by atoms with Crippen LogP contribution >= 0.6 is 23.6 Å². The van der Waals surface area contributed by atoms with Gasteiger partial charge >= 0.3 is 0 Å². The van der Waals surface area contributed by atoms with Crippen molar-refractivity contribution >= 4 is 44.6 Å². The number of benzene rings is 1. The number of hydrogen-bond donors (Lipinski definition) is 2. The highest BCUT2D eigenvalue weighted by molar-refractivity contribution is 7.80. The lowest BCUT2D eigenvalue weighted by atomic mass is 10.3. The molecule has 2 rings (SSSR count). The van der Waals surface area contributed by atoms with E-state index in [4.69, 9.17) is 12.2 Å². The zero-order valence-corrected chi connectivity index (χ0v) is 12.6. The second kappa shape index (κ2) is 6.58. The lowest BCUT2D eigenvalue weighted by Gasteiger charge is -2.05. The Hall–Kier alpha value is -1.53. The van der Waals surface area contributed by atoms with Crippen molar-refractivity contribution in [1.82, 2.24) is 15.7 Å². The summed E-state index contributed by atoms with van der Waals surface area (Å²) in [7, 11) is 0. The van der Waals surface area contributed by atoms with Gasteiger partial charge in [-0.15, -0.1) is 11.3 Å². The number of rotatable bonds is 4. The van der Waals surface area contributed by atoms with Gasteiger partial charge in [0.05, 0.1) is 15.9 Å². The summed E-state index contributed by atoms with van der Waals surface area (Å²) < 4.78 is 1.17. The third kappa shape index (κ3) is 3.71. The molecule has 6 heteroatoms. The van der Waals surface area contributed by atoms with Gasteiger partial charge in [-0.1, -0.05) is 19.1 Å². The van der Waals surface area contributed by atoms with Gasteiger partial charge in [-0.05, 0) is 37.7 Å². The molecular formula is C13H16N4S2. The highest BCUT2D eigenvalue weighted by Crippen LogP contribution is 2.21. The topological polar surface area (TPSA) is 49.3 Å². The molecule has 19 heavy (non-hydrogen) atoms. The predicted octanol–water partition coefficient (Wildman–Crippen LogP) is 2.89. The SMILES string of the molecule is CCCNC(=S)N/N=C(/C)c1nc2ccccc2s1. The fourth-order valence-corrected chi connectivity index (χ4v) is 2.55. The maximum absolute atomic E-state index is 5.11. The molecule has 1 heterocycles. The van der Waals surface area contributed by atoms with Crippen LogP contribution in [-0.4, -0.2) is 22.4 Å². The van der Waals surface area contributed by atoms with E-state index in [1.165, 1.54) is 4.70 Å². The molecule has 0 saturated heterocycles. The fourth-order valence-electron chi connectivity index (χ4n) is 1.49. The van der Waals surface area contributed by atoms with Crippen molar-refractivity contribution in [1.29, 1.82) is 0 Å². The number of hydrazone groups is 1. The van der Waals surface area contributed by atoms with E-state index in [1.807, 2.05) is 25.1 Å². The smallest absolute Gasteiger partial charge is 0.186 e. The van der Waals surface area contributed by atoms with Crippen LogP contribution in [-0.2, 0) is 0 Å². The summed E-state index contributed by atoms with van der Waals surface area (Å²) in [4.78, 5) is 4.54. The van der Waals surface area contributed by atoms with E-state index in [1.54, 1.807) is 11.3 Å². The number of thiazole rings is 1. The Balaban J connectivity index is 2.06. The first kappa shape index (κ1) is 13.9. The Kier molecular flexibility index (Phi) is 4.81. The molecule has 0 aliphatic carbocycles. The molecule has 2 aromatic rings. The summed E-state index contributed by atoms with van der Waals surface area (Å²) in [6.07, 6.45) is 1.03. The number of thiocarbonyl (C=S) groups is 1. The molecule has 4 nitrogen and oxygen atoms in total. The first-order valence-corrected chi connectivity index (χ1v) is 7.37. The first-order valence-electron chi connectivity index (χ1n) is 6.14. The molecule has 1 aromatic heterocycles. The second-order valence-corrected chi connectivity index (χ2v) is 5.49. The van der Waals surface area contributed by atoms with Crippen LogP contribution in [0, 0.1) is 0 Å². The predicted molar refractivity (Wildman–Crippen MR) is 85.9 cm³/mol. The van der Waals surface area contributed by atoms with Gasteiger partial charge in [0.25, 0.3) is 0 Å². The van der Waals surface area contributed by atoms with Gasteiger partial charge in [0.1, 0.15) is 5.01 Å². The normalized spacial score (nSPS) is 11.6. The third-order valence-corrected chi connectivity index (χ3v) is 3.84. The molecule has 100 valence electrons. The zero-order valence-electron chi connectivity index (χ0n) is 10.9. The van der Waals surface area contributed by atoms with Crippen LogP contribution in [0.5, 0.6) is 0 Å². The van der Waals surface area contributed by atoms with Crippen molar-refractivity contribution in [2.45, 2.75) is 20.3 Å². The van der Waals surface area contributed by atoms with E-state index in [-0.39, 0.29) is 0 Å². The van der Waals surface area contributed by atoms with Crippen LogP contribution in [0.15, 0.2) is 29.4 Å². The maximum atomic E-state index is 5.11. The average molecular weight is 292 g/mol. The quantitative estimate of drug-likeness (QED) is 0.517. The van der Waals surface area contributed by atoms with E-state index in [0.29, 0.717) is 5.11 Å².